The normalized spacial score (nSPS) is 12.5. The Morgan fingerprint density at radius 3 is 1.33 bits per heavy atom. The molecule has 6 heavy (non-hydrogen) atoms. The number of rotatable bonds is 1. The van der Waals surface area contributed by atoms with Gasteiger partial charge in [0.05, 0.1) is 0 Å². The standard InChI is InChI=1S/H8IN5/c2-1(3)6(4)5/h2-5H2. The number of halogens is 1. The van der Waals surface area contributed by atoms with Gasteiger partial charge < -0.3 is 0 Å². The molecular weight excluding hydrogens is 197 g/mol. The summed E-state index contributed by atoms with van der Waals surface area (Å²) < 4.78 is 11.0. The third kappa shape index (κ3) is 2.75. The van der Waals surface area contributed by atoms with E-state index in [1.165, 1.54) is 0 Å². The van der Waals surface area contributed by atoms with Gasteiger partial charge in [0.25, 0.3) is 0 Å². The van der Waals surface area contributed by atoms with Crippen molar-refractivity contribution >= 4 is 20.6 Å². The maximum atomic E-state index is 5.05. The quantitative estimate of drug-likeness (QED) is 0.175. The molecule has 0 aliphatic heterocycles. The molecule has 0 unspecified atom stereocenters. The second-order valence-corrected chi connectivity index (χ2v) is 3.61. The van der Waals surface area contributed by atoms with Crippen LogP contribution in [0.5, 0.6) is 0 Å². The van der Waals surface area contributed by atoms with Crippen molar-refractivity contribution in [1.29, 1.82) is 0 Å². The Morgan fingerprint density at radius 1 is 1.17 bits per heavy atom. The van der Waals surface area contributed by atoms with E-state index in [1.54, 1.807) is 0 Å². The van der Waals surface area contributed by atoms with Gasteiger partial charge in [-0.25, -0.2) is 0 Å². The van der Waals surface area contributed by atoms with E-state index in [9.17, 15) is 0 Å². The third-order valence-electron chi connectivity index (χ3n) is 0.225. The Labute approximate surface area is 44.0 Å². The maximum absolute atomic E-state index is 5.05. The number of nitrogens with two attached hydrogens (primary N) is 4. The summed E-state index contributed by atoms with van der Waals surface area (Å²) >= 11 is -2.00. The van der Waals surface area contributed by atoms with Crippen LogP contribution in [0.25, 0.3) is 0 Å². The van der Waals surface area contributed by atoms with Gasteiger partial charge in [0.1, 0.15) is 0 Å². The van der Waals surface area contributed by atoms with Crippen molar-refractivity contribution in [3.05, 3.63) is 0 Å². The first-order valence-corrected chi connectivity index (χ1v) is 4.58. The second-order valence-electron chi connectivity index (χ2n) is 0.665. The Bertz CT molecular complexity index is 24.9. The van der Waals surface area contributed by atoms with Crippen molar-refractivity contribution in [3.8, 4) is 0 Å². The van der Waals surface area contributed by atoms with E-state index in [0.717, 1.165) is 3.33 Å². The van der Waals surface area contributed by atoms with E-state index in [-0.39, 0.29) is 0 Å². The SMILES string of the molecule is NN(N)I(N)N. The van der Waals surface area contributed by atoms with Gasteiger partial charge >= 0.3 is 43.6 Å². The summed E-state index contributed by atoms with van der Waals surface area (Å²) in [7, 11) is 0. The molecule has 0 bridgehead atoms. The van der Waals surface area contributed by atoms with Gasteiger partial charge in [-0.05, 0) is 0 Å². The summed E-state index contributed by atoms with van der Waals surface area (Å²) in [6, 6.07) is 0. The number of nitrogens with zero attached hydrogens (tertiary/aromatic N) is 1. The van der Waals surface area contributed by atoms with Crippen LogP contribution in [-0.4, -0.2) is 3.33 Å². The van der Waals surface area contributed by atoms with Crippen molar-refractivity contribution in [1.82, 2.24) is 3.33 Å². The summed E-state index contributed by atoms with van der Waals surface area (Å²) in [6.07, 6.45) is 0. The summed E-state index contributed by atoms with van der Waals surface area (Å²) in [5.74, 6) is 9.73. The van der Waals surface area contributed by atoms with Crippen molar-refractivity contribution in [2.75, 3.05) is 0 Å². The molecule has 0 aromatic heterocycles. The molecule has 0 heterocycles. The summed E-state index contributed by atoms with van der Waals surface area (Å²) in [5.41, 5.74) is 0. The fraction of sp³-hybridized carbons (Fsp3) is 0. The van der Waals surface area contributed by atoms with Crippen LogP contribution in [0.2, 0.25) is 0 Å². The van der Waals surface area contributed by atoms with Crippen LogP contribution < -0.4 is 19.6 Å². The van der Waals surface area contributed by atoms with Crippen LogP contribution in [0.15, 0.2) is 0 Å². The molecular formula is H8IN5. The molecule has 0 aromatic rings. The molecule has 0 amide bonds. The van der Waals surface area contributed by atoms with Crippen LogP contribution in [-0.2, 0) is 0 Å². The van der Waals surface area contributed by atoms with Gasteiger partial charge in [-0.1, -0.05) is 0 Å². The predicted octanol–water partition coefficient (Wildman–Crippen LogP) is -1.80. The average molecular weight is 205 g/mol. The first-order valence-electron chi connectivity index (χ1n) is 1.12. The number of hydrogen-bond acceptors (Lipinski definition) is 5. The minimum absolute atomic E-state index is 0.879. The molecule has 40 valence electrons. The monoisotopic (exact) mass is 205 g/mol. The fourth-order valence-electron chi connectivity index (χ4n) is 0. The zero-order valence-corrected chi connectivity index (χ0v) is 5.29. The van der Waals surface area contributed by atoms with Crippen molar-refractivity contribution in [2.24, 2.45) is 19.6 Å². The summed E-state index contributed by atoms with van der Waals surface area (Å²) in [6.45, 7) is 0. The van der Waals surface area contributed by atoms with E-state index < -0.39 is 20.6 Å². The van der Waals surface area contributed by atoms with E-state index in [0.29, 0.717) is 0 Å². The van der Waals surface area contributed by atoms with Gasteiger partial charge in [0, 0.05) is 0 Å². The average Bonchev–Trinajstić information content (AvgIpc) is 1.36. The van der Waals surface area contributed by atoms with Crippen LogP contribution in [0.1, 0.15) is 0 Å². The summed E-state index contributed by atoms with van der Waals surface area (Å²) in [4.78, 5) is 0. The zero-order valence-electron chi connectivity index (χ0n) is 3.13. The topological polar surface area (TPSA) is 107 Å². The van der Waals surface area contributed by atoms with E-state index in [2.05, 4.69) is 0 Å². The first-order chi connectivity index (χ1) is 2.64. The molecule has 0 atom stereocenters. The van der Waals surface area contributed by atoms with Gasteiger partial charge in [-0.15, -0.1) is 0 Å². The molecule has 0 aliphatic carbocycles. The Hall–Kier alpha value is 0.530. The third-order valence-corrected chi connectivity index (χ3v) is 1.51. The predicted molar refractivity (Wildman–Crippen MR) is 32.6 cm³/mol. The molecule has 0 aliphatic rings. The molecule has 0 spiro atoms. The molecule has 8 N–H and O–H groups in total. The number of hydrogen-bond donors (Lipinski definition) is 4. The van der Waals surface area contributed by atoms with Crippen molar-refractivity contribution < 1.29 is 0 Å². The van der Waals surface area contributed by atoms with Gasteiger partial charge in [-0.3, -0.25) is 0 Å². The molecule has 0 saturated carbocycles. The van der Waals surface area contributed by atoms with Gasteiger partial charge in [-0.2, -0.15) is 0 Å². The van der Waals surface area contributed by atoms with Crippen LogP contribution >= 0.6 is 20.6 Å². The first kappa shape index (κ1) is 6.53. The Morgan fingerprint density at radius 2 is 1.33 bits per heavy atom. The van der Waals surface area contributed by atoms with Crippen LogP contribution in [0.3, 0.4) is 0 Å². The van der Waals surface area contributed by atoms with E-state index in [4.69, 9.17) is 19.6 Å². The molecule has 0 aromatic carbocycles. The Kier molecular flexibility index (Phi) is 2.90. The van der Waals surface area contributed by atoms with Crippen molar-refractivity contribution in [2.45, 2.75) is 0 Å². The Balaban J connectivity index is 2.99. The van der Waals surface area contributed by atoms with Crippen molar-refractivity contribution in [3.63, 3.8) is 0 Å². The van der Waals surface area contributed by atoms with Gasteiger partial charge in [0.15, 0.2) is 0 Å². The van der Waals surface area contributed by atoms with Crippen LogP contribution in [0, 0.1) is 0 Å². The van der Waals surface area contributed by atoms with Gasteiger partial charge in [0.2, 0.25) is 0 Å². The van der Waals surface area contributed by atoms with E-state index in [1.807, 2.05) is 0 Å². The molecule has 0 fully saturated rings. The molecule has 0 rings (SSSR count). The van der Waals surface area contributed by atoms with E-state index >= 15 is 0 Å². The van der Waals surface area contributed by atoms with Crippen LogP contribution in [0.4, 0.5) is 0 Å². The number of hydrazine groups is 2. The molecule has 0 radical (unpaired) electrons. The molecule has 5 nitrogen and oxygen atoms in total. The molecule has 6 heteroatoms. The fourth-order valence-corrected chi connectivity index (χ4v) is 0. The molecule has 0 saturated heterocycles. The minimum atomic E-state index is -2.00. The summed E-state index contributed by atoms with van der Waals surface area (Å²) in [5, 5.41) is 0. The second kappa shape index (κ2) is 2.66. The zero-order chi connectivity index (χ0) is 5.15.